The first-order chi connectivity index (χ1) is 10.6. The van der Waals surface area contributed by atoms with Crippen LogP contribution in [0, 0.1) is 0 Å². The second-order valence-corrected chi connectivity index (χ2v) is 10.6. The molecule has 1 atom stereocenters. The molecule has 0 spiro atoms. The molecular formula is C17H25NO3S2. The average Bonchev–Trinajstić information content (AvgIpc) is 2.82. The van der Waals surface area contributed by atoms with Gasteiger partial charge in [0.05, 0.1) is 17.3 Å². The number of carbonyl (C=O) groups excluding carboxylic acids is 1. The number of nitrogens with zero attached hydrogens (tertiary/aromatic N) is 1. The summed E-state index contributed by atoms with van der Waals surface area (Å²) in [5, 5.41) is 0.0561. The lowest BCUT2D eigenvalue weighted by Crippen LogP contribution is -2.29. The van der Waals surface area contributed by atoms with Crippen molar-refractivity contribution in [2.24, 2.45) is 0 Å². The van der Waals surface area contributed by atoms with Gasteiger partial charge in [0, 0.05) is 18.0 Å². The van der Waals surface area contributed by atoms with Crippen molar-refractivity contribution in [3.05, 3.63) is 29.8 Å². The van der Waals surface area contributed by atoms with E-state index in [1.807, 2.05) is 12.1 Å². The zero-order chi connectivity index (χ0) is 17.3. The van der Waals surface area contributed by atoms with Gasteiger partial charge in [-0.05, 0) is 29.5 Å². The SMILES string of the molecule is CN(C(=O)CS[C@@H]1CCS(=O)(=O)C1)c1ccc(C(C)(C)C)cc1. The highest BCUT2D eigenvalue weighted by Crippen LogP contribution is 2.27. The van der Waals surface area contributed by atoms with Crippen LogP contribution in [-0.4, -0.2) is 43.9 Å². The number of sulfone groups is 1. The lowest BCUT2D eigenvalue weighted by Gasteiger charge is -2.22. The molecular weight excluding hydrogens is 330 g/mol. The predicted octanol–water partition coefficient (Wildman–Crippen LogP) is 2.87. The third-order valence-electron chi connectivity index (χ3n) is 4.13. The Hall–Kier alpha value is -1.01. The normalized spacial score (nSPS) is 20.4. The molecule has 1 aromatic carbocycles. The van der Waals surface area contributed by atoms with Crippen molar-refractivity contribution in [3.8, 4) is 0 Å². The van der Waals surface area contributed by atoms with Gasteiger partial charge in [-0.3, -0.25) is 4.79 Å². The molecule has 1 amide bonds. The molecule has 0 unspecified atom stereocenters. The van der Waals surface area contributed by atoms with Crippen LogP contribution in [-0.2, 0) is 20.0 Å². The molecule has 0 saturated carbocycles. The minimum atomic E-state index is -2.88. The van der Waals surface area contributed by atoms with Crippen LogP contribution in [0.4, 0.5) is 5.69 Å². The Morgan fingerprint density at radius 3 is 2.35 bits per heavy atom. The van der Waals surface area contributed by atoms with Crippen LogP contribution in [0.25, 0.3) is 0 Å². The standard InChI is InChI=1S/C17H25NO3S2/c1-17(2,3)13-5-7-14(8-6-13)18(4)16(19)11-22-15-9-10-23(20,21)12-15/h5-8,15H,9-12H2,1-4H3/t15-/m1/s1. The second kappa shape index (κ2) is 6.85. The molecule has 1 aromatic rings. The first-order valence-electron chi connectivity index (χ1n) is 7.78. The second-order valence-electron chi connectivity index (χ2n) is 7.09. The van der Waals surface area contributed by atoms with Gasteiger partial charge in [0.25, 0.3) is 0 Å². The Morgan fingerprint density at radius 2 is 1.87 bits per heavy atom. The van der Waals surface area contributed by atoms with Gasteiger partial charge in [-0.25, -0.2) is 8.42 Å². The summed E-state index contributed by atoms with van der Waals surface area (Å²) in [6, 6.07) is 8.03. The summed E-state index contributed by atoms with van der Waals surface area (Å²) in [4.78, 5) is 13.9. The molecule has 0 bridgehead atoms. The van der Waals surface area contributed by atoms with Gasteiger partial charge >= 0.3 is 0 Å². The third kappa shape index (κ3) is 4.98. The van der Waals surface area contributed by atoms with Crippen molar-refractivity contribution in [3.63, 3.8) is 0 Å². The Morgan fingerprint density at radius 1 is 1.26 bits per heavy atom. The summed E-state index contributed by atoms with van der Waals surface area (Å²) in [7, 11) is -1.12. The molecule has 6 heteroatoms. The van der Waals surface area contributed by atoms with E-state index in [2.05, 4.69) is 32.9 Å². The van der Waals surface area contributed by atoms with E-state index in [4.69, 9.17) is 0 Å². The number of amides is 1. The van der Waals surface area contributed by atoms with Crippen LogP contribution in [0.1, 0.15) is 32.8 Å². The topological polar surface area (TPSA) is 54.5 Å². The quantitative estimate of drug-likeness (QED) is 0.833. The van der Waals surface area contributed by atoms with Gasteiger partial charge in [0.2, 0.25) is 5.91 Å². The average molecular weight is 356 g/mol. The molecule has 0 aliphatic carbocycles. The van der Waals surface area contributed by atoms with E-state index in [1.165, 1.54) is 17.3 Å². The predicted molar refractivity (Wildman–Crippen MR) is 98.1 cm³/mol. The highest BCUT2D eigenvalue weighted by molar-refractivity contribution is 8.02. The van der Waals surface area contributed by atoms with Gasteiger partial charge < -0.3 is 4.90 Å². The van der Waals surface area contributed by atoms with E-state index in [9.17, 15) is 13.2 Å². The molecule has 128 valence electrons. The number of benzene rings is 1. The zero-order valence-corrected chi connectivity index (χ0v) is 15.8. The number of hydrogen-bond acceptors (Lipinski definition) is 4. The molecule has 0 radical (unpaired) electrons. The minimum Gasteiger partial charge on any atom is -0.315 e. The number of carbonyl (C=O) groups is 1. The first kappa shape index (κ1) is 18.3. The maximum atomic E-state index is 12.3. The Kier molecular flexibility index (Phi) is 5.46. The molecule has 0 N–H and O–H groups in total. The fourth-order valence-electron chi connectivity index (χ4n) is 2.51. The molecule has 0 aromatic heterocycles. The van der Waals surface area contributed by atoms with Gasteiger partial charge in [0.1, 0.15) is 0 Å². The van der Waals surface area contributed by atoms with Crippen LogP contribution in [0.15, 0.2) is 24.3 Å². The monoisotopic (exact) mass is 355 g/mol. The van der Waals surface area contributed by atoms with E-state index in [1.54, 1.807) is 11.9 Å². The summed E-state index contributed by atoms with van der Waals surface area (Å²) in [6.07, 6.45) is 0.657. The van der Waals surface area contributed by atoms with Crippen LogP contribution in [0.2, 0.25) is 0 Å². The molecule has 1 aliphatic rings. The molecule has 23 heavy (non-hydrogen) atoms. The van der Waals surface area contributed by atoms with Gasteiger partial charge in [-0.2, -0.15) is 0 Å². The summed E-state index contributed by atoms with van der Waals surface area (Å²) in [5.74, 6) is 0.776. The van der Waals surface area contributed by atoms with Gasteiger partial charge in [-0.15, -0.1) is 11.8 Å². The van der Waals surface area contributed by atoms with Crippen molar-refractivity contribution in [1.82, 2.24) is 0 Å². The van der Waals surface area contributed by atoms with E-state index in [0.29, 0.717) is 12.2 Å². The lowest BCUT2D eigenvalue weighted by molar-refractivity contribution is -0.115. The van der Waals surface area contributed by atoms with Crippen LogP contribution < -0.4 is 4.90 Å². The highest BCUT2D eigenvalue weighted by atomic mass is 32.2. The van der Waals surface area contributed by atoms with E-state index < -0.39 is 9.84 Å². The molecule has 1 fully saturated rings. The van der Waals surface area contributed by atoms with Crippen LogP contribution >= 0.6 is 11.8 Å². The fraction of sp³-hybridized carbons (Fsp3) is 0.588. The van der Waals surface area contributed by atoms with Crippen molar-refractivity contribution >= 4 is 33.2 Å². The molecule has 1 heterocycles. The van der Waals surface area contributed by atoms with Crippen molar-refractivity contribution in [2.75, 3.05) is 29.2 Å². The largest absolute Gasteiger partial charge is 0.315 e. The van der Waals surface area contributed by atoms with E-state index in [0.717, 1.165) is 5.69 Å². The first-order valence-corrected chi connectivity index (χ1v) is 10.6. The van der Waals surface area contributed by atoms with Crippen molar-refractivity contribution < 1.29 is 13.2 Å². The molecule has 4 nitrogen and oxygen atoms in total. The summed E-state index contributed by atoms with van der Waals surface area (Å²) >= 11 is 1.45. The Balaban J connectivity index is 1.92. The zero-order valence-electron chi connectivity index (χ0n) is 14.2. The van der Waals surface area contributed by atoms with Crippen molar-refractivity contribution in [1.29, 1.82) is 0 Å². The Bertz CT molecular complexity index is 660. The molecule has 1 aliphatic heterocycles. The summed E-state index contributed by atoms with van der Waals surface area (Å²) < 4.78 is 22.9. The Labute approximate surface area is 143 Å². The highest BCUT2D eigenvalue weighted by Gasteiger charge is 2.29. The van der Waals surface area contributed by atoms with Gasteiger partial charge in [0.15, 0.2) is 9.84 Å². The minimum absolute atomic E-state index is 0.00260. The van der Waals surface area contributed by atoms with Crippen molar-refractivity contribution in [2.45, 2.75) is 37.9 Å². The number of anilines is 1. The number of thioether (sulfide) groups is 1. The maximum Gasteiger partial charge on any atom is 0.236 e. The van der Waals surface area contributed by atoms with E-state index in [-0.39, 0.29) is 28.1 Å². The summed E-state index contributed by atoms with van der Waals surface area (Å²) in [5.41, 5.74) is 2.18. The molecule has 1 saturated heterocycles. The van der Waals surface area contributed by atoms with Crippen LogP contribution in [0.3, 0.4) is 0 Å². The third-order valence-corrected chi connectivity index (χ3v) is 7.39. The fourth-order valence-corrected chi connectivity index (χ4v) is 6.06. The van der Waals surface area contributed by atoms with Crippen LogP contribution in [0.5, 0.6) is 0 Å². The molecule has 2 rings (SSSR count). The number of rotatable bonds is 4. The maximum absolute atomic E-state index is 12.3. The summed E-state index contributed by atoms with van der Waals surface area (Å²) in [6.45, 7) is 6.47. The lowest BCUT2D eigenvalue weighted by atomic mass is 9.87. The van der Waals surface area contributed by atoms with E-state index >= 15 is 0 Å². The van der Waals surface area contributed by atoms with Gasteiger partial charge in [-0.1, -0.05) is 32.9 Å². The number of hydrogen-bond donors (Lipinski definition) is 0. The smallest absolute Gasteiger partial charge is 0.236 e.